The van der Waals surface area contributed by atoms with Gasteiger partial charge in [-0.1, -0.05) is 49.7 Å². The van der Waals surface area contributed by atoms with Gasteiger partial charge in [-0.05, 0) is 17.9 Å². The van der Waals surface area contributed by atoms with E-state index in [2.05, 4.69) is 17.6 Å². The lowest BCUT2D eigenvalue weighted by atomic mass is 10.1. The fraction of sp³-hybridized carbons (Fsp3) is 0.267. The molecule has 0 aromatic heterocycles. The molecule has 0 unspecified atom stereocenters. The monoisotopic (exact) mass is 242 g/mol. The number of nitrogens with one attached hydrogen (secondary N) is 2. The maximum absolute atomic E-state index is 11.7. The summed E-state index contributed by atoms with van der Waals surface area (Å²) in [6.45, 7) is 2.82. The van der Waals surface area contributed by atoms with Crippen molar-refractivity contribution in [2.75, 3.05) is 11.9 Å². The summed E-state index contributed by atoms with van der Waals surface area (Å²) < 4.78 is 0. The molecule has 0 bridgehead atoms. The van der Waals surface area contributed by atoms with Gasteiger partial charge in [0, 0.05) is 11.9 Å². The van der Waals surface area contributed by atoms with Crippen LogP contribution in [0.3, 0.4) is 0 Å². The van der Waals surface area contributed by atoms with Crippen molar-refractivity contribution in [2.24, 2.45) is 0 Å². The summed E-state index contributed by atoms with van der Waals surface area (Å²) in [4.78, 5) is 11.7. The molecule has 0 aliphatic carbocycles. The molecule has 0 heterocycles. The number of hydrogen-bond donors (Lipinski definition) is 2. The van der Waals surface area contributed by atoms with Crippen molar-refractivity contribution in [1.82, 2.24) is 5.32 Å². The Bertz CT molecular complexity index is 532. The van der Waals surface area contributed by atoms with E-state index in [9.17, 15) is 4.79 Å². The minimum absolute atomic E-state index is 0.139. The molecule has 0 atom stereocenters. The Labute approximate surface area is 107 Å². The van der Waals surface area contributed by atoms with Gasteiger partial charge in [0.1, 0.15) is 0 Å². The van der Waals surface area contributed by atoms with Gasteiger partial charge in [0.2, 0.25) is 0 Å². The van der Waals surface area contributed by atoms with Gasteiger partial charge in [-0.3, -0.25) is 0 Å². The molecule has 0 spiro atoms. The summed E-state index contributed by atoms with van der Waals surface area (Å²) in [5.41, 5.74) is 0.849. The normalized spacial score (nSPS) is 10.3. The van der Waals surface area contributed by atoms with Crippen molar-refractivity contribution in [2.45, 2.75) is 19.8 Å². The Morgan fingerprint density at radius 2 is 1.89 bits per heavy atom. The molecule has 0 saturated carbocycles. The first-order valence-corrected chi connectivity index (χ1v) is 6.34. The number of fused-ring (bicyclic) bond motifs is 1. The Hall–Kier alpha value is -2.03. The standard InChI is InChI=1S/C15H18N2O/c1-2-3-11-16-15(18)17-14-10-6-8-12-7-4-5-9-13(12)14/h4-10H,2-3,11H2,1H3,(H2,16,17,18). The molecule has 94 valence electrons. The van der Waals surface area contributed by atoms with Crippen LogP contribution in [0.5, 0.6) is 0 Å². The zero-order valence-corrected chi connectivity index (χ0v) is 10.6. The van der Waals surface area contributed by atoms with E-state index in [-0.39, 0.29) is 6.03 Å². The number of rotatable bonds is 4. The van der Waals surface area contributed by atoms with Crippen LogP contribution >= 0.6 is 0 Å². The number of carbonyl (C=O) groups is 1. The fourth-order valence-corrected chi connectivity index (χ4v) is 1.88. The van der Waals surface area contributed by atoms with Crippen molar-refractivity contribution in [3.8, 4) is 0 Å². The van der Waals surface area contributed by atoms with Gasteiger partial charge >= 0.3 is 6.03 Å². The lowest BCUT2D eigenvalue weighted by molar-refractivity contribution is 0.252. The molecule has 0 aliphatic rings. The van der Waals surface area contributed by atoms with Crippen LogP contribution in [0.4, 0.5) is 10.5 Å². The van der Waals surface area contributed by atoms with Crippen molar-refractivity contribution < 1.29 is 4.79 Å². The predicted octanol–water partition coefficient (Wildman–Crippen LogP) is 3.76. The first-order chi connectivity index (χ1) is 8.81. The lowest BCUT2D eigenvalue weighted by Gasteiger charge is -2.09. The van der Waals surface area contributed by atoms with Crippen LogP contribution in [0.15, 0.2) is 42.5 Å². The van der Waals surface area contributed by atoms with E-state index in [0.717, 1.165) is 29.3 Å². The van der Waals surface area contributed by atoms with Gasteiger partial charge in [0.05, 0.1) is 5.69 Å². The van der Waals surface area contributed by atoms with Crippen molar-refractivity contribution >= 4 is 22.5 Å². The van der Waals surface area contributed by atoms with Crippen molar-refractivity contribution in [3.63, 3.8) is 0 Å². The van der Waals surface area contributed by atoms with E-state index in [1.165, 1.54) is 0 Å². The van der Waals surface area contributed by atoms with Crippen molar-refractivity contribution in [1.29, 1.82) is 0 Å². The Morgan fingerprint density at radius 1 is 1.11 bits per heavy atom. The van der Waals surface area contributed by atoms with E-state index < -0.39 is 0 Å². The zero-order valence-electron chi connectivity index (χ0n) is 10.6. The third kappa shape index (κ3) is 3.00. The van der Waals surface area contributed by atoms with Crippen LogP contribution in [0.2, 0.25) is 0 Å². The highest BCUT2D eigenvalue weighted by molar-refractivity contribution is 6.01. The number of benzene rings is 2. The molecule has 0 fully saturated rings. The molecule has 0 saturated heterocycles. The number of hydrogen-bond acceptors (Lipinski definition) is 1. The Kier molecular flexibility index (Phi) is 4.18. The molecule has 18 heavy (non-hydrogen) atoms. The van der Waals surface area contributed by atoms with Crippen LogP contribution in [-0.2, 0) is 0 Å². The molecule has 2 aromatic carbocycles. The van der Waals surface area contributed by atoms with E-state index in [0.29, 0.717) is 6.54 Å². The Morgan fingerprint density at radius 3 is 2.72 bits per heavy atom. The number of amides is 2. The first kappa shape index (κ1) is 12.4. The second-order valence-electron chi connectivity index (χ2n) is 4.26. The summed E-state index contributed by atoms with van der Waals surface area (Å²) in [5, 5.41) is 7.93. The highest BCUT2D eigenvalue weighted by Crippen LogP contribution is 2.22. The first-order valence-electron chi connectivity index (χ1n) is 6.34. The molecule has 2 rings (SSSR count). The molecule has 0 aliphatic heterocycles. The van der Waals surface area contributed by atoms with Crippen LogP contribution in [0.25, 0.3) is 10.8 Å². The van der Waals surface area contributed by atoms with E-state index in [1.54, 1.807) is 0 Å². The number of unbranched alkanes of at least 4 members (excludes halogenated alkanes) is 1. The van der Waals surface area contributed by atoms with Gasteiger partial charge in [-0.2, -0.15) is 0 Å². The highest BCUT2D eigenvalue weighted by Gasteiger charge is 2.03. The van der Waals surface area contributed by atoms with Crippen LogP contribution < -0.4 is 10.6 Å². The molecule has 3 nitrogen and oxygen atoms in total. The second kappa shape index (κ2) is 6.05. The third-order valence-electron chi connectivity index (χ3n) is 2.85. The predicted molar refractivity (Wildman–Crippen MR) is 75.9 cm³/mol. The summed E-state index contributed by atoms with van der Waals surface area (Å²) >= 11 is 0. The van der Waals surface area contributed by atoms with Crippen LogP contribution in [-0.4, -0.2) is 12.6 Å². The summed E-state index contributed by atoms with van der Waals surface area (Å²) in [6.07, 6.45) is 2.08. The maximum Gasteiger partial charge on any atom is 0.319 e. The number of anilines is 1. The zero-order chi connectivity index (χ0) is 12.8. The molecular formula is C15H18N2O. The fourth-order valence-electron chi connectivity index (χ4n) is 1.88. The maximum atomic E-state index is 11.7. The van der Waals surface area contributed by atoms with E-state index >= 15 is 0 Å². The SMILES string of the molecule is CCCCNC(=O)Nc1cccc2ccccc12. The van der Waals surface area contributed by atoms with E-state index in [1.807, 2.05) is 42.5 Å². The van der Waals surface area contributed by atoms with Crippen LogP contribution in [0.1, 0.15) is 19.8 Å². The minimum atomic E-state index is -0.139. The van der Waals surface area contributed by atoms with Gasteiger partial charge < -0.3 is 10.6 Å². The quantitative estimate of drug-likeness (QED) is 0.787. The largest absolute Gasteiger partial charge is 0.338 e. The number of urea groups is 1. The van der Waals surface area contributed by atoms with Crippen molar-refractivity contribution in [3.05, 3.63) is 42.5 Å². The molecule has 2 aromatic rings. The Balaban J connectivity index is 2.09. The summed E-state index contributed by atoms with van der Waals surface area (Å²) in [6, 6.07) is 13.8. The molecular weight excluding hydrogens is 224 g/mol. The molecule has 2 N–H and O–H groups in total. The lowest BCUT2D eigenvalue weighted by Crippen LogP contribution is -2.29. The van der Waals surface area contributed by atoms with E-state index in [4.69, 9.17) is 0 Å². The topological polar surface area (TPSA) is 41.1 Å². The van der Waals surface area contributed by atoms with Crippen LogP contribution in [0, 0.1) is 0 Å². The smallest absolute Gasteiger partial charge is 0.319 e. The van der Waals surface area contributed by atoms with Gasteiger partial charge in [-0.25, -0.2) is 4.79 Å². The molecule has 2 amide bonds. The van der Waals surface area contributed by atoms with Gasteiger partial charge in [0.25, 0.3) is 0 Å². The molecule has 3 heteroatoms. The average molecular weight is 242 g/mol. The highest BCUT2D eigenvalue weighted by atomic mass is 16.2. The average Bonchev–Trinajstić information content (AvgIpc) is 2.39. The minimum Gasteiger partial charge on any atom is -0.338 e. The number of carbonyl (C=O) groups excluding carboxylic acids is 1. The molecule has 0 radical (unpaired) electrons. The summed E-state index contributed by atoms with van der Waals surface area (Å²) in [5.74, 6) is 0. The van der Waals surface area contributed by atoms with Gasteiger partial charge in [0.15, 0.2) is 0 Å². The summed E-state index contributed by atoms with van der Waals surface area (Å²) in [7, 11) is 0. The van der Waals surface area contributed by atoms with Gasteiger partial charge in [-0.15, -0.1) is 0 Å². The second-order valence-corrected chi connectivity index (χ2v) is 4.26. The third-order valence-corrected chi connectivity index (χ3v) is 2.85.